The maximum atomic E-state index is 16.2. The van der Waals surface area contributed by atoms with Crippen molar-refractivity contribution in [1.82, 2.24) is 9.88 Å². The number of aldehydes is 1. The van der Waals surface area contributed by atoms with E-state index in [1.165, 1.54) is 18.1 Å². The van der Waals surface area contributed by atoms with Gasteiger partial charge in [0, 0.05) is 23.8 Å². The lowest BCUT2D eigenvalue weighted by Gasteiger charge is -2.36. The van der Waals surface area contributed by atoms with Crippen LogP contribution in [0.5, 0.6) is 11.6 Å². The lowest BCUT2D eigenvalue weighted by molar-refractivity contribution is -0.167. The van der Waals surface area contributed by atoms with Crippen LogP contribution in [-0.2, 0) is 25.0 Å². The van der Waals surface area contributed by atoms with E-state index >= 15 is 8.78 Å². The van der Waals surface area contributed by atoms with E-state index in [1.807, 2.05) is 34.6 Å². The minimum Gasteiger partial charge on any atom is -0.497 e. The number of methoxy groups -OCH3 is 1. The summed E-state index contributed by atoms with van der Waals surface area (Å²) in [6, 6.07) is 5.67. The van der Waals surface area contributed by atoms with Gasteiger partial charge in [-0.05, 0) is 75.0 Å². The quantitative estimate of drug-likeness (QED) is 0.257. The lowest BCUT2D eigenvalue weighted by atomic mass is 9.77. The smallest absolute Gasteiger partial charge is 0.307 e. The standard InChI is InChI=1S/C36H48F2N2O6/c1-7-25-29(21-41)40-20-30(25)45-32-26(17-22-13-14-24(44-6)18-28(22)39-32)36(37,38)16-9-8-11-23-12-10-15-35(23,5)46-31(42)19-27(33(40)43)34(2,3)4/h13-14,17-18,21,23,25,27,29-30H,7-12,15-16,19-20H2,1-6H3/t23-,25+,27-,29-,30+,35-/m1/s1. The van der Waals surface area contributed by atoms with Gasteiger partial charge in [0.1, 0.15) is 23.7 Å². The van der Waals surface area contributed by atoms with E-state index in [1.54, 1.807) is 18.2 Å². The zero-order valence-corrected chi connectivity index (χ0v) is 27.9. The normalized spacial score (nSPS) is 30.9. The Balaban J connectivity index is 1.60. The van der Waals surface area contributed by atoms with Crippen LogP contribution in [0.25, 0.3) is 10.9 Å². The highest BCUT2D eigenvalue weighted by Crippen LogP contribution is 2.45. The molecule has 5 rings (SSSR count). The SMILES string of the molecule is CC[C@@H]1[C@@H]2CN(C(=O)[C@H](C(C)(C)C)CC(=O)O[C@]3(C)CCC[C@H]3CCCCC(F)(F)c3cc4ccc(OC)cc4nc3O2)[C@@H]1C=O. The Morgan fingerprint density at radius 2 is 1.85 bits per heavy atom. The number of esters is 1. The minimum absolute atomic E-state index is 0.00496. The second-order valence-electron chi connectivity index (χ2n) is 14.7. The molecule has 10 heteroatoms. The molecule has 0 N–H and O–H groups in total. The van der Waals surface area contributed by atoms with Crippen LogP contribution < -0.4 is 9.47 Å². The van der Waals surface area contributed by atoms with E-state index in [2.05, 4.69) is 4.98 Å². The van der Waals surface area contributed by atoms with Gasteiger partial charge in [0.2, 0.25) is 11.8 Å². The Morgan fingerprint density at radius 3 is 2.52 bits per heavy atom. The molecule has 3 heterocycles. The number of carbonyl (C=O) groups is 3. The molecule has 2 aliphatic heterocycles. The fraction of sp³-hybridized carbons (Fsp3) is 0.667. The molecule has 0 unspecified atom stereocenters. The Morgan fingerprint density at radius 1 is 1.11 bits per heavy atom. The first-order chi connectivity index (χ1) is 21.7. The number of hydrogen-bond acceptors (Lipinski definition) is 7. The Labute approximate surface area is 270 Å². The summed E-state index contributed by atoms with van der Waals surface area (Å²) in [4.78, 5) is 46.4. The zero-order valence-electron chi connectivity index (χ0n) is 27.9. The second-order valence-corrected chi connectivity index (χ2v) is 14.7. The van der Waals surface area contributed by atoms with Crippen molar-refractivity contribution in [2.75, 3.05) is 13.7 Å². The van der Waals surface area contributed by atoms with Crippen LogP contribution in [0.1, 0.15) is 98.0 Å². The van der Waals surface area contributed by atoms with Crippen LogP contribution in [0.4, 0.5) is 8.78 Å². The molecule has 1 aliphatic carbocycles. The molecule has 2 aromatic rings. The van der Waals surface area contributed by atoms with Crippen molar-refractivity contribution in [2.24, 2.45) is 23.2 Å². The summed E-state index contributed by atoms with van der Waals surface area (Å²) in [6.07, 6.45) is 3.85. The third-order valence-electron chi connectivity index (χ3n) is 10.6. The van der Waals surface area contributed by atoms with Gasteiger partial charge in [0.05, 0.1) is 43.1 Å². The monoisotopic (exact) mass is 642 g/mol. The Hall–Kier alpha value is -3.30. The molecule has 1 saturated heterocycles. The molecule has 2 bridgehead atoms. The summed E-state index contributed by atoms with van der Waals surface area (Å²) in [6.45, 7) is 9.51. The number of rotatable bonds is 3. The number of carbonyl (C=O) groups excluding carboxylic acids is 3. The van der Waals surface area contributed by atoms with Crippen molar-refractivity contribution in [1.29, 1.82) is 0 Å². The van der Waals surface area contributed by atoms with Gasteiger partial charge >= 0.3 is 5.97 Å². The van der Waals surface area contributed by atoms with Crippen LogP contribution >= 0.6 is 0 Å². The average Bonchev–Trinajstić information content (AvgIpc) is 3.54. The molecule has 3 aliphatic rings. The van der Waals surface area contributed by atoms with Gasteiger partial charge in [-0.3, -0.25) is 9.59 Å². The topological polar surface area (TPSA) is 95.0 Å². The number of fused-ring (bicyclic) bond motifs is 5. The van der Waals surface area contributed by atoms with Crippen LogP contribution in [0.15, 0.2) is 24.3 Å². The molecule has 6 atom stereocenters. The first-order valence-electron chi connectivity index (χ1n) is 16.7. The summed E-state index contributed by atoms with van der Waals surface area (Å²) in [5.41, 5.74) is -1.19. The highest BCUT2D eigenvalue weighted by atomic mass is 19.3. The number of hydrogen-bond donors (Lipinski definition) is 0. The Kier molecular flexibility index (Phi) is 9.67. The third-order valence-corrected chi connectivity index (χ3v) is 10.6. The molecular formula is C36H48F2N2O6. The zero-order chi connectivity index (χ0) is 33.4. The van der Waals surface area contributed by atoms with Gasteiger partial charge in [-0.15, -0.1) is 0 Å². The van der Waals surface area contributed by atoms with Crippen molar-refractivity contribution in [3.05, 3.63) is 29.8 Å². The van der Waals surface area contributed by atoms with Gasteiger partial charge in [0.15, 0.2) is 0 Å². The molecule has 1 aromatic carbocycles. The van der Waals surface area contributed by atoms with Gasteiger partial charge in [-0.25, -0.2) is 13.8 Å². The number of benzene rings is 1. The summed E-state index contributed by atoms with van der Waals surface area (Å²) in [7, 11) is 1.52. The van der Waals surface area contributed by atoms with E-state index in [9.17, 15) is 14.4 Å². The maximum Gasteiger partial charge on any atom is 0.307 e. The van der Waals surface area contributed by atoms with Gasteiger partial charge in [-0.1, -0.05) is 34.1 Å². The molecular weight excluding hydrogens is 594 g/mol. The summed E-state index contributed by atoms with van der Waals surface area (Å²) in [5.74, 6) is -4.88. The summed E-state index contributed by atoms with van der Waals surface area (Å²) >= 11 is 0. The highest BCUT2D eigenvalue weighted by molar-refractivity contribution is 5.87. The number of pyridine rings is 1. The van der Waals surface area contributed by atoms with Crippen LogP contribution in [0.2, 0.25) is 0 Å². The van der Waals surface area contributed by atoms with Gasteiger partial charge < -0.3 is 23.9 Å². The van der Waals surface area contributed by atoms with E-state index in [-0.39, 0.29) is 42.7 Å². The number of alkyl halides is 2. The molecule has 1 saturated carbocycles. The summed E-state index contributed by atoms with van der Waals surface area (Å²) in [5, 5.41) is 0.530. The molecule has 0 radical (unpaired) electrons. The fourth-order valence-electron chi connectivity index (χ4n) is 7.79. The van der Waals surface area contributed by atoms with Crippen LogP contribution in [0.3, 0.4) is 0 Å². The minimum atomic E-state index is -3.25. The van der Waals surface area contributed by atoms with Crippen LogP contribution in [0, 0.1) is 23.2 Å². The number of ether oxygens (including phenoxy) is 3. The van der Waals surface area contributed by atoms with Crippen molar-refractivity contribution in [3.63, 3.8) is 0 Å². The fourth-order valence-corrected chi connectivity index (χ4v) is 7.79. The average molecular weight is 643 g/mol. The maximum absolute atomic E-state index is 16.2. The van der Waals surface area contributed by atoms with E-state index in [0.717, 1.165) is 19.1 Å². The first kappa shape index (κ1) is 34.0. The van der Waals surface area contributed by atoms with Gasteiger partial charge in [0.25, 0.3) is 5.92 Å². The molecule has 0 spiro atoms. The van der Waals surface area contributed by atoms with E-state index < -0.39 is 53.3 Å². The molecule has 1 aromatic heterocycles. The van der Waals surface area contributed by atoms with Gasteiger partial charge in [-0.2, -0.15) is 0 Å². The largest absolute Gasteiger partial charge is 0.497 e. The van der Waals surface area contributed by atoms with E-state index in [0.29, 0.717) is 42.3 Å². The second kappa shape index (κ2) is 13.1. The van der Waals surface area contributed by atoms with Crippen molar-refractivity contribution < 1.29 is 37.4 Å². The highest BCUT2D eigenvalue weighted by Gasteiger charge is 2.50. The summed E-state index contributed by atoms with van der Waals surface area (Å²) < 4.78 is 50.2. The third kappa shape index (κ3) is 6.72. The predicted molar refractivity (Wildman–Crippen MR) is 170 cm³/mol. The number of halogens is 2. The molecule has 1 amide bonds. The first-order valence-corrected chi connectivity index (χ1v) is 16.7. The number of amides is 1. The molecule has 2 fully saturated rings. The van der Waals surface area contributed by atoms with Crippen molar-refractivity contribution >= 4 is 29.1 Å². The number of aromatic nitrogens is 1. The predicted octanol–water partition coefficient (Wildman–Crippen LogP) is 7.25. The van der Waals surface area contributed by atoms with E-state index in [4.69, 9.17) is 14.2 Å². The molecule has 252 valence electrons. The van der Waals surface area contributed by atoms with Crippen molar-refractivity contribution in [3.8, 4) is 11.6 Å². The van der Waals surface area contributed by atoms with Crippen LogP contribution in [-0.4, -0.2) is 59.4 Å². The molecule has 46 heavy (non-hydrogen) atoms. The number of nitrogens with zero attached hydrogens (tertiary/aromatic N) is 2. The Bertz CT molecular complexity index is 1460. The lowest BCUT2D eigenvalue weighted by Crippen LogP contribution is -2.47. The molecule has 8 nitrogen and oxygen atoms in total. The van der Waals surface area contributed by atoms with Crippen molar-refractivity contribution in [2.45, 2.75) is 116 Å².